The van der Waals surface area contributed by atoms with Gasteiger partial charge in [-0.3, -0.25) is 4.79 Å². The molecule has 5 nitrogen and oxygen atoms in total. The first kappa shape index (κ1) is 16.7. The number of nitrogens with two attached hydrogens (primary N) is 1. The number of carbonyl (C=O) groups is 1. The van der Waals surface area contributed by atoms with Gasteiger partial charge in [-0.2, -0.15) is 0 Å². The minimum atomic E-state index is -0.386. The minimum absolute atomic E-state index is 0.0707. The van der Waals surface area contributed by atoms with E-state index in [9.17, 15) is 9.90 Å². The standard InChI is InChI=1S/C16H31N3O2/c1-10(2)18(4)12-5-6-15(13(9-12)11(3)20)19-8-7-14(17)16(19)21/h10-15,20H,5-9,17H2,1-4H3/t11?,12-,13+,14?,15+/m1/s1. The number of nitrogens with zero attached hydrogens (tertiary/aromatic N) is 2. The fraction of sp³-hybridized carbons (Fsp3) is 0.938. The predicted octanol–water partition coefficient (Wildman–Crippen LogP) is 0.804. The Labute approximate surface area is 128 Å². The summed E-state index contributed by atoms with van der Waals surface area (Å²) in [5, 5.41) is 10.2. The van der Waals surface area contributed by atoms with E-state index < -0.39 is 0 Å². The van der Waals surface area contributed by atoms with Gasteiger partial charge in [-0.15, -0.1) is 0 Å². The summed E-state index contributed by atoms with van der Waals surface area (Å²) in [5.74, 6) is 0.223. The van der Waals surface area contributed by atoms with Crippen molar-refractivity contribution in [2.24, 2.45) is 11.7 Å². The lowest BCUT2D eigenvalue weighted by Gasteiger charge is -2.45. The van der Waals surface area contributed by atoms with Crippen molar-refractivity contribution in [2.45, 2.75) is 76.7 Å². The molecule has 0 aromatic rings. The number of carbonyl (C=O) groups excluding carboxylic acids is 1. The smallest absolute Gasteiger partial charge is 0.239 e. The van der Waals surface area contributed by atoms with Crippen molar-refractivity contribution in [3.63, 3.8) is 0 Å². The van der Waals surface area contributed by atoms with Gasteiger partial charge in [0.05, 0.1) is 12.1 Å². The van der Waals surface area contributed by atoms with Gasteiger partial charge in [-0.05, 0) is 53.5 Å². The molecule has 1 amide bonds. The summed E-state index contributed by atoms with van der Waals surface area (Å²) in [6.07, 6.45) is 3.37. The molecule has 0 spiro atoms. The van der Waals surface area contributed by atoms with E-state index in [1.54, 1.807) is 0 Å². The molecule has 1 heterocycles. The number of hydrogen-bond donors (Lipinski definition) is 2. The molecule has 5 heteroatoms. The molecule has 2 aliphatic rings. The second-order valence-electron chi connectivity index (χ2n) is 7.12. The Morgan fingerprint density at radius 3 is 2.43 bits per heavy atom. The molecule has 0 aromatic heterocycles. The van der Waals surface area contributed by atoms with Gasteiger partial charge in [0, 0.05) is 30.6 Å². The lowest BCUT2D eigenvalue weighted by Crippen LogP contribution is -2.53. The van der Waals surface area contributed by atoms with Crippen molar-refractivity contribution in [1.29, 1.82) is 0 Å². The maximum Gasteiger partial charge on any atom is 0.239 e. The first-order valence-electron chi connectivity index (χ1n) is 8.29. The third kappa shape index (κ3) is 3.41. The maximum atomic E-state index is 12.2. The molecule has 5 atom stereocenters. The Bertz CT molecular complexity index is 373. The number of rotatable bonds is 4. The Balaban J connectivity index is 2.09. The van der Waals surface area contributed by atoms with Gasteiger partial charge >= 0.3 is 0 Å². The SMILES string of the molecule is CC(O)[C@@H]1C[C@H](N(C)C(C)C)CC[C@@H]1N1CCC(N)C1=O. The highest BCUT2D eigenvalue weighted by Crippen LogP contribution is 2.35. The largest absolute Gasteiger partial charge is 0.393 e. The lowest BCUT2D eigenvalue weighted by molar-refractivity contribution is -0.134. The first-order valence-corrected chi connectivity index (χ1v) is 8.29. The summed E-state index contributed by atoms with van der Waals surface area (Å²) in [6, 6.07) is 0.814. The third-order valence-corrected chi connectivity index (χ3v) is 5.53. The zero-order valence-corrected chi connectivity index (χ0v) is 13.8. The summed E-state index contributed by atoms with van der Waals surface area (Å²) < 4.78 is 0. The van der Waals surface area contributed by atoms with Crippen molar-refractivity contribution in [3.05, 3.63) is 0 Å². The molecule has 1 saturated heterocycles. The van der Waals surface area contributed by atoms with Crippen molar-refractivity contribution in [3.8, 4) is 0 Å². The molecule has 21 heavy (non-hydrogen) atoms. The van der Waals surface area contributed by atoms with E-state index in [1.807, 2.05) is 11.8 Å². The van der Waals surface area contributed by atoms with Crippen LogP contribution in [0.1, 0.15) is 46.5 Å². The molecular formula is C16H31N3O2. The van der Waals surface area contributed by atoms with Crippen molar-refractivity contribution >= 4 is 5.91 Å². The molecule has 2 unspecified atom stereocenters. The van der Waals surface area contributed by atoms with Crippen molar-refractivity contribution in [2.75, 3.05) is 13.6 Å². The average Bonchev–Trinajstić information content (AvgIpc) is 2.77. The van der Waals surface area contributed by atoms with Gasteiger partial charge in [0.15, 0.2) is 0 Å². The van der Waals surface area contributed by atoms with Gasteiger partial charge in [0.25, 0.3) is 0 Å². The number of likely N-dealkylation sites (tertiary alicyclic amines) is 1. The topological polar surface area (TPSA) is 69.8 Å². The van der Waals surface area contributed by atoms with Crippen LogP contribution in [0.2, 0.25) is 0 Å². The molecule has 1 saturated carbocycles. The molecule has 0 aromatic carbocycles. The van der Waals surface area contributed by atoms with Crippen LogP contribution in [0.25, 0.3) is 0 Å². The number of hydrogen-bond acceptors (Lipinski definition) is 4. The van der Waals surface area contributed by atoms with Crippen molar-refractivity contribution in [1.82, 2.24) is 9.80 Å². The average molecular weight is 297 g/mol. The van der Waals surface area contributed by atoms with E-state index in [1.165, 1.54) is 0 Å². The van der Waals surface area contributed by atoms with E-state index in [-0.39, 0.29) is 30.0 Å². The quantitative estimate of drug-likeness (QED) is 0.805. The van der Waals surface area contributed by atoms with Crippen LogP contribution in [0.15, 0.2) is 0 Å². The first-order chi connectivity index (χ1) is 9.82. The van der Waals surface area contributed by atoms with Crippen LogP contribution in [0.3, 0.4) is 0 Å². The van der Waals surface area contributed by atoms with E-state index in [0.717, 1.165) is 32.2 Å². The Hall–Kier alpha value is -0.650. The van der Waals surface area contributed by atoms with Gasteiger partial charge in [-0.1, -0.05) is 0 Å². The Morgan fingerprint density at radius 1 is 1.29 bits per heavy atom. The zero-order chi connectivity index (χ0) is 15.7. The van der Waals surface area contributed by atoms with Crippen LogP contribution in [0, 0.1) is 5.92 Å². The van der Waals surface area contributed by atoms with Gasteiger partial charge in [-0.25, -0.2) is 0 Å². The Kier molecular flexibility index (Phi) is 5.28. The predicted molar refractivity (Wildman–Crippen MR) is 83.8 cm³/mol. The molecule has 3 N–H and O–H groups in total. The van der Waals surface area contributed by atoms with Crippen LogP contribution in [0.5, 0.6) is 0 Å². The minimum Gasteiger partial charge on any atom is -0.393 e. The maximum absolute atomic E-state index is 12.2. The van der Waals surface area contributed by atoms with Crippen LogP contribution < -0.4 is 5.73 Å². The summed E-state index contributed by atoms with van der Waals surface area (Å²) >= 11 is 0. The number of aliphatic hydroxyl groups excluding tert-OH is 1. The van der Waals surface area contributed by atoms with Gasteiger partial charge < -0.3 is 20.6 Å². The Morgan fingerprint density at radius 2 is 1.95 bits per heavy atom. The summed E-state index contributed by atoms with van der Waals surface area (Å²) in [6.45, 7) is 7.01. The normalized spacial score (nSPS) is 35.8. The molecule has 0 radical (unpaired) electrons. The summed E-state index contributed by atoms with van der Waals surface area (Å²) in [5.41, 5.74) is 5.85. The monoisotopic (exact) mass is 297 g/mol. The van der Waals surface area contributed by atoms with Gasteiger partial charge in [0.2, 0.25) is 5.91 Å². The molecule has 2 rings (SSSR count). The highest BCUT2D eigenvalue weighted by molar-refractivity contribution is 5.84. The molecule has 0 bridgehead atoms. The second-order valence-corrected chi connectivity index (χ2v) is 7.12. The molecule has 122 valence electrons. The fourth-order valence-corrected chi connectivity index (χ4v) is 3.92. The third-order valence-electron chi connectivity index (χ3n) is 5.53. The van der Waals surface area contributed by atoms with Crippen LogP contribution >= 0.6 is 0 Å². The van der Waals surface area contributed by atoms with E-state index >= 15 is 0 Å². The van der Waals surface area contributed by atoms with E-state index in [0.29, 0.717) is 12.1 Å². The van der Waals surface area contributed by atoms with Crippen LogP contribution in [-0.2, 0) is 4.79 Å². The molecule has 1 aliphatic heterocycles. The molecule has 2 fully saturated rings. The van der Waals surface area contributed by atoms with Crippen LogP contribution in [0.4, 0.5) is 0 Å². The van der Waals surface area contributed by atoms with Gasteiger partial charge in [0.1, 0.15) is 0 Å². The van der Waals surface area contributed by atoms with E-state index in [2.05, 4.69) is 25.8 Å². The summed E-state index contributed by atoms with van der Waals surface area (Å²) in [4.78, 5) is 16.5. The van der Waals surface area contributed by atoms with Crippen LogP contribution in [-0.4, -0.2) is 64.7 Å². The zero-order valence-electron chi connectivity index (χ0n) is 13.8. The van der Waals surface area contributed by atoms with Crippen molar-refractivity contribution < 1.29 is 9.90 Å². The molecule has 1 aliphatic carbocycles. The fourth-order valence-electron chi connectivity index (χ4n) is 3.92. The highest BCUT2D eigenvalue weighted by atomic mass is 16.3. The molecular weight excluding hydrogens is 266 g/mol. The number of aliphatic hydroxyl groups is 1. The van der Waals surface area contributed by atoms with E-state index in [4.69, 9.17) is 5.73 Å². The second kappa shape index (κ2) is 6.63. The summed E-state index contributed by atoms with van der Waals surface area (Å²) in [7, 11) is 2.16. The lowest BCUT2D eigenvalue weighted by atomic mass is 9.77. The highest BCUT2D eigenvalue weighted by Gasteiger charge is 2.42. The number of amides is 1.